The van der Waals surface area contributed by atoms with Crippen LogP contribution in [0.25, 0.3) is 43.5 Å². The van der Waals surface area contributed by atoms with Gasteiger partial charge in [0.05, 0.1) is 10.8 Å². The molecule has 0 spiro atoms. The van der Waals surface area contributed by atoms with Crippen LogP contribution in [0.4, 0.5) is 10.2 Å². The van der Waals surface area contributed by atoms with Gasteiger partial charge in [0.15, 0.2) is 11.6 Å². The smallest absolute Gasteiger partial charge is 0.181 e. The highest BCUT2D eigenvalue weighted by atomic mass is 35.5. The van der Waals surface area contributed by atoms with Gasteiger partial charge in [-0.05, 0) is 104 Å². The number of nitrogens with zero attached hydrogens (tertiary/aromatic N) is 6. The summed E-state index contributed by atoms with van der Waals surface area (Å²) in [4.78, 5) is 32.4. The summed E-state index contributed by atoms with van der Waals surface area (Å²) >= 11 is 9.96. The number of anilines is 1. The Morgan fingerprint density at radius 2 is 1.21 bits per heavy atom. The first-order valence-electron chi connectivity index (χ1n) is 16.2. The molecule has 0 unspecified atom stereocenters. The van der Waals surface area contributed by atoms with Crippen LogP contribution in [0.3, 0.4) is 0 Å². The van der Waals surface area contributed by atoms with Crippen molar-refractivity contribution in [2.24, 2.45) is 0 Å². The van der Waals surface area contributed by atoms with Gasteiger partial charge in [0.25, 0.3) is 0 Å². The van der Waals surface area contributed by atoms with Crippen molar-refractivity contribution < 1.29 is 4.39 Å². The number of halogens is 2. The van der Waals surface area contributed by atoms with Crippen LogP contribution in [0, 0.1) is 5.82 Å². The van der Waals surface area contributed by atoms with Crippen molar-refractivity contribution in [1.29, 1.82) is 0 Å². The van der Waals surface area contributed by atoms with Crippen molar-refractivity contribution in [2.75, 3.05) is 5.32 Å². The number of aromatic nitrogens is 6. The lowest BCUT2D eigenvalue weighted by Gasteiger charge is -2.13. The lowest BCUT2D eigenvalue weighted by Crippen LogP contribution is -2.06. The molecule has 0 amide bonds. The molecule has 1 N–H and O–H groups in total. The van der Waals surface area contributed by atoms with Crippen LogP contribution in [-0.2, 0) is 32.2 Å². The molecule has 240 valence electrons. The zero-order valence-corrected chi connectivity index (χ0v) is 28.4. The van der Waals surface area contributed by atoms with E-state index in [0.29, 0.717) is 23.3 Å². The minimum Gasteiger partial charge on any atom is -0.365 e. The highest BCUT2D eigenvalue weighted by molar-refractivity contribution is 7.19. The topological polar surface area (TPSA) is 89.4 Å². The molecule has 0 saturated heterocycles. The number of rotatable bonds is 5. The van der Waals surface area contributed by atoms with Gasteiger partial charge in [-0.3, -0.25) is 9.97 Å². The van der Waals surface area contributed by atoms with Crippen LogP contribution in [0.15, 0.2) is 73.1 Å². The number of aryl methyl sites for hydroxylation is 4. The standard InChI is InChI=1S/C22H19FN4S.C15H12ClN3S/c23-15-10-8-14(9-11-15)13-25-21-19-16-5-1-2-7-18(16)28-22(19)27-20(26-21)17-6-3-4-12-24-17;16-13-12-9-5-1-2-7-11(9)20-15(12)19-14(18-13)10-6-3-4-8-17-10/h3-4,6,8-12H,1-2,5,7,13H2,(H,25,26,27);3-4,6,8H,1-2,5,7H2. The summed E-state index contributed by atoms with van der Waals surface area (Å²) in [5.41, 5.74) is 5.30. The normalized spacial score (nSPS) is 13.9. The lowest BCUT2D eigenvalue weighted by molar-refractivity contribution is 0.627. The SMILES string of the molecule is Clc1nc(-c2ccccn2)nc2sc3c(c12)CCCC3.Fc1ccc(CNc2nc(-c3ccccn3)nc3sc4c(c23)CCCC4)cc1. The summed E-state index contributed by atoms with van der Waals surface area (Å²) < 4.78 is 13.2. The van der Waals surface area contributed by atoms with Crippen molar-refractivity contribution in [3.63, 3.8) is 0 Å². The van der Waals surface area contributed by atoms with Crippen molar-refractivity contribution in [1.82, 2.24) is 29.9 Å². The summed E-state index contributed by atoms with van der Waals surface area (Å²) in [6.07, 6.45) is 12.9. The minimum absolute atomic E-state index is 0.225. The molecule has 0 radical (unpaired) electrons. The molecule has 6 heterocycles. The highest BCUT2D eigenvalue weighted by Gasteiger charge is 2.23. The van der Waals surface area contributed by atoms with E-state index in [0.717, 1.165) is 68.9 Å². The molecule has 1 aromatic carbocycles. The van der Waals surface area contributed by atoms with E-state index in [1.807, 2.05) is 36.4 Å². The molecule has 0 saturated carbocycles. The van der Waals surface area contributed by atoms with E-state index in [4.69, 9.17) is 21.6 Å². The van der Waals surface area contributed by atoms with Crippen LogP contribution >= 0.6 is 34.3 Å². The minimum atomic E-state index is -0.225. The van der Waals surface area contributed by atoms with Crippen LogP contribution in [0.2, 0.25) is 5.15 Å². The Morgan fingerprint density at radius 3 is 1.81 bits per heavy atom. The van der Waals surface area contributed by atoms with Crippen LogP contribution in [0.1, 0.15) is 52.1 Å². The molecule has 0 atom stereocenters. The average Bonchev–Trinajstić information content (AvgIpc) is 3.71. The first-order valence-corrected chi connectivity index (χ1v) is 18.2. The van der Waals surface area contributed by atoms with Crippen molar-refractivity contribution in [3.8, 4) is 23.0 Å². The number of fused-ring (bicyclic) bond motifs is 6. The Kier molecular flexibility index (Phi) is 8.78. The van der Waals surface area contributed by atoms with E-state index < -0.39 is 0 Å². The number of hydrogen-bond acceptors (Lipinski definition) is 9. The fraction of sp³-hybridized carbons (Fsp3) is 0.243. The van der Waals surface area contributed by atoms with Gasteiger partial charge in [-0.15, -0.1) is 22.7 Å². The second-order valence-corrected chi connectivity index (χ2v) is 14.5. The molecule has 0 bridgehead atoms. The maximum absolute atomic E-state index is 13.2. The molecule has 0 aliphatic heterocycles. The van der Waals surface area contributed by atoms with E-state index in [-0.39, 0.29) is 5.82 Å². The Labute approximate surface area is 290 Å². The number of pyridine rings is 2. The van der Waals surface area contributed by atoms with Crippen molar-refractivity contribution >= 4 is 60.5 Å². The second kappa shape index (κ2) is 13.6. The molecule has 2 aliphatic carbocycles. The van der Waals surface area contributed by atoms with Gasteiger partial charge in [0.1, 0.15) is 37.8 Å². The van der Waals surface area contributed by atoms with Gasteiger partial charge in [-0.25, -0.2) is 24.3 Å². The van der Waals surface area contributed by atoms with E-state index in [1.165, 1.54) is 58.7 Å². The maximum atomic E-state index is 13.2. The van der Waals surface area contributed by atoms with Crippen molar-refractivity contribution in [2.45, 2.75) is 57.9 Å². The first kappa shape index (κ1) is 30.9. The number of nitrogens with one attached hydrogen (secondary N) is 1. The summed E-state index contributed by atoms with van der Waals surface area (Å²) in [5.74, 6) is 1.86. The molecule has 11 heteroatoms. The number of benzene rings is 1. The summed E-state index contributed by atoms with van der Waals surface area (Å²) in [6.45, 7) is 0.582. The zero-order chi connectivity index (χ0) is 32.5. The average molecular weight is 692 g/mol. The van der Waals surface area contributed by atoms with E-state index in [9.17, 15) is 4.39 Å². The lowest BCUT2D eigenvalue weighted by atomic mass is 9.97. The molecular weight excluding hydrogens is 661 g/mol. The summed E-state index contributed by atoms with van der Waals surface area (Å²) in [7, 11) is 0. The predicted molar refractivity (Wildman–Crippen MR) is 193 cm³/mol. The third-order valence-electron chi connectivity index (χ3n) is 8.75. The van der Waals surface area contributed by atoms with Gasteiger partial charge in [0.2, 0.25) is 0 Å². The molecule has 48 heavy (non-hydrogen) atoms. The van der Waals surface area contributed by atoms with Gasteiger partial charge >= 0.3 is 0 Å². The largest absolute Gasteiger partial charge is 0.365 e. The van der Waals surface area contributed by atoms with E-state index >= 15 is 0 Å². The molecule has 9 rings (SSSR count). The Hall–Kier alpha value is -4.38. The summed E-state index contributed by atoms with van der Waals surface area (Å²) in [5, 5.41) is 6.24. The quantitative estimate of drug-likeness (QED) is 0.180. The van der Waals surface area contributed by atoms with Crippen LogP contribution < -0.4 is 5.32 Å². The third-order valence-corrected chi connectivity index (χ3v) is 11.4. The summed E-state index contributed by atoms with van der Waals surface area (Å²) in [6, 6.07) is 18.0. The van der Waals surface area contributed by atoms with E-state index in [2.05, 4.69) is 25.3 Å². The first-order chi connectivity index (χ1) is 23.6. The monoisotopic (exact) mass is 691 g/mol. The second-order valence-electron chi connectivity index (χ2n) is 11.9. The zero-order valence-electron chi connectivity index (χ0n) is 26.0. The number of hydrogen-bond donors (Lipinski definition) is 1. The Bertz CT molecular complexity index is 2220. The molecule has 7 aromatic rings. The molecule has 0 fully saturated rings. The molecular formula is C37H31ClFN7S2. The molecule has 6 aromatic heterocycles. The third kappa shape index (κ3) is 6.27. The van der Waals surface area contributed by atoms with Crippen LogP contribution in [0.5, 0.6) is 0 Å². The van der Waals surface area contributed by atoms with Gasteiger partial charge in [-0.1, -0.05) is 35.9 Å². The Balaban J connectivity index is 0.000000148. The van der Waals surface area contributed by atoms with Gasteiger partial charge < -0.3 is 5.32 Å². The van der Waals surface area contributed by atoms with E-state index in [1.54, 1.807) is 47.2 Å². The predicted octanol–water partition coefficient (Wildman–Crippen LogP) is 9.67. The fourth-order valence-electron chi connectivity index (χ4n) is 6.41. The number of thiophene rings is 2. The van der Waals surface area contributed by atoms with Gasteiger partial charge in [0, 0.05) is 28.7 Å². The van der Waals surface area contributed by atoms with Crippen LogP contribution in [-0.4, -0.2) is 29.9 Å². The highest BCUT2D eigenvalue weighted by Crippen LogP contribution is 2.40. The fourth-order valence-corrected chi connectivity index (χ4v) is 9.27. The molecule has 7 nitrogen and oxygen atoms in total. The molecule has 2 aliphatic rings. The van der Waals surface area contributed by atoms with Crippen molar-refractivity contribution in [3.05, 3.63) is 110 Å². The Morgan fingerprint density at radius 1 is 0.646 bits per heavy atom. The van der Waals surface area contributed by atoms with Gasteiger partial charge in [-0.2, -0.15) is 0 Å². The maximum Gasteiger partial charge on any atom is 0.181 e.